The molecule has 2 aromatic carbocycles. The molecule has 4 aromatic rings. The van der Waals surface area contributed by atoms with Crippen LogP contribution in [0.3, 0.4) is 0 Å². The number of nitrogens with zero attached hydrogens (tertiary/aromatic N) is 6. The number of aromatic nitrogens is 3. The van der Waals surface area contributed by atoms with Crippen LogP contribution in [0.5, 0.6) is 0 Å². The molecule has 7 rings (SSSR count). The van der Waals surface area contributed by atoms with Crippen LogP contribution in [-0.4, -0.2) is 156 Å². The highest BCUT2D eigenvalue weighted by atomic mass is 19.4. The maximum absolute atomic E-state index is 16.1. The molecule has 2 bridgehead atoms. The third kappa shape index (κ3) is 14.2. The number of piperazine rings is 1. The third-order valence-corrected chi connectivity index (χ3v) is 15.1. The molecule has 28 heteroatoms. The standard InChI is InChI=1S/C54H62F10N10O8/c1-29-18-32(22-65-45(29)71-23-34-14-15-35(24-71)74(34)36-27-82-28-36)13-10-30-8-11-31(12-9-30)19-41(66-46(76)43(67-49(78)80-6)51(2,3)53(59,60)61)42(75)26-72(70-47(77)44(68-50(79)81-7)52(4,5)54(62,63)64)25-37-38(55)20-33(21-39(37)56)40-16-17-73(69-40)48(57)58/h8-9,11-12,16-18,20-22,34-36,41-44,48,75H,14-15,19,23-28H2,1-7H3,(H,66,76)(H,67,78)(H,68,79)(H,70,77)/t34?,35?,41-,42-,43?,44+/m0/s1. The van der Waals surface area contributed by atoms with Gasteiger partial charge in [-0.3, -0.25) is 19.9 Å². The van der Waals surface area contributed by atoms with Crippen molar-refractivity contribution in [3.05, 3.63) is 100 Å². The van der Waals surface area contributed by atoms with Crippen molar-refractivity contribution in [3.63, 3.8) is 0 Å². The monoisotopic (exact) mass is 1170 g/mol. The molecule has 82 heavy (non-hydrogen) atoms. The number of alkyl halides is 8. The quantitative estimate of drug-likeness (QED) is 0.0368. The maximum atomic E-state index is 16.1. The summed E-state index contributed by atoms with van der Waals surface area (Å²) in [5.74, 6) is 0.900. The van der Waals surface area contributed by atoms with E-state index >= 15 is 8.78 Å². The molecule has 3 saturated heterocycles. The van der Waals surface area contributed by atoms with Crippen LogP contribution in [0.1, 0.15) is 74.9 Å². The zero-order valence-electron chi connectivity index (χ0n) is 45.5. The van der Waals surface area contributed by atoms with E-state index < -0.39 is 115 Å². The number of anilines is 1. The molecule has 3 aliphatic rings. The summed E-state index contributed by atoms with van der Waals surface area (Å²) in [5, 5.41) is 22.1. The number of rotatable bonds is 19. The van der Waals surface area contributed by atoms with E-state index in [9.17, 15) is 59.4 Å². The number of pyridine rings is 1. The SMILES string of the molecule is COC(=O)NC(C(=O)N[C@@H](Cc1ccc(C#Cc2cnc(N3CC4CCC(C3)N4C3COC3)c(C)c2)cc1)[C@@H](O)CN(Cc1c(F)cc(-c2ccn(C(F)F)n2)cc1F)NC(=O)[C@@H](NC(=O)OC)C(C)(C)C(F)(F)F)C(C)(C)C(F)(F)F. The van der Waals surface area contributed by atoms with Gasteiger partial charge in [-0.1, -0.05) is 24.0 Å². The second-order valence-corrected chi connectivity index (χ2v) is 21.4. The van der Waals surface area contributed by atoms with Crippen LogP contribution in [0.15, 0.2) is 60.9 Å². The van der Waals surface area contributed by atoms with Gasteiger partial charge >= 0.3 is 31.1 Å². The molecule has 6 atom stereocenters. The van der Waals surface area contributed by atoms with Gasteiger partial charge in [-0.25, -0.2) is 33.0 Å². The minimum Gasteiger partial charge on any atom is -0.453 e. The molecule has 4 amide bonds. The number of methoxy groups -OCH3 is 2. The fourth-order valence-electron chi connectivity index (χ4n) is 9.98. The predicted molar refractivity (Wildman–Crippen MR) is 274 cm³/mol. The molecule has 0 aliphatic carbocycles. The summed E-state index contributed by atoms with van der Waals surface area (Å²) in [6.07, 6.45) is -11.3. The lowest BCUT2D eigenvalue weighted by Gasteiger charge is -2.48. The van der Waals surface area contributed by atoms with Crippen molar-refractivity contribution in [1.82, 2.24) is 46.0 Å². The fraction of sp³-hybridized carbons (Fsp3) is 0.519. The summed E-state index contributed by atoms with van der Waals surface area (Å²) < 4.78 is 161. The van der Waals surface area contributed by atoms with Gasteiger partial charge in [0.25, 0.3) is 5.91 Å². The number of alkyl carbamates (subject to hydrolysis) is 2. The van der Waals surface area contributed by atoms with Gasteiger partial charge in [-0.2, -0.15) is 40.2 Å². The van der Waals surface area contributed by atoms with Crippen molar-refractivity contribution in [1.29, 1.82) is 0 Å². The van der Waals surface area contributed by atoms with E-state index in [-0.39, 0.29) is 21.5 Å². The number of hydrazine groups is 1. The number of hydrogen-bond donors (Lipinski definition) is 5. The molecule has 0 spiro atoms. The average molecular weight is 1170 g/mol. The second-order valence-electron chi connectivity index (χ2n) is 21.4. The van der Waals surface area contributed by atoms with E-state index in [1.807, 2.05) is 23.7 Å². The number of carbonyl (C=O) groups excluding carboxylic acids is 4. The first kappa shape index (κ1) is 62.4. The summed E-state index contributed by atoms with van der Waals surface area (Å²) >= 11 is 0. The highest BCUT2D eigenvalue weighted by Crippen LogP contribution is 2.42. The summed E-state index contributed by atoms with van der Waals surface area (Å²) in [6.45, 7) is 1.99. The van der Waals surface area contributed by atoms with E-state index in [1.54, 1.807) is 23.6 Å². The van der Waals surface area contributed by atoms with Gasteiger partial charge in [0, 0.05) is 72.9 Å². The first-order valence-corrected chi connectivity index (χ1v) is 25.8. The molecule has 3 fully saturated rings. The van der Waals surface area contributed by atoms with Crippen LogP contribution < -0.4 is 26.3 Å². The Morgan fingerprint density at radius 2 is 1.34 bits per heavy atom. The molecule has 18 nitrogen and oxygen atoms in total. The number of aryl methyl sites for hydroxylation is 1. The van der Waals surface area contributed by atoms with E-state index in [1.165, 1.54) is 12.1 Å². The Labute approximate surface area is 465 Å². The smallest absolute Gasteiger partial charge is 0.407 e. The van der Waals surface area contributed by atoms with Gasteiger partial charge in [-0.05, 0) is 101 Å². The van der Waals surface area contributed by atoms with Gasteiger partial charge < -0.3 is 40.2 Å². The van der Waals surface area contributed by atoms with Crippen molar-refractivity contribution in [2.45, 2.75) is 122 Å². The minimum absolute atomic E-state index is 0.199. The first-order chi connectivity index (χ1) is 38.4. The molecule has 446 valence electrons. The lowest BCUT2D eigenvalue weighted by Crippen LogP contribution is -2.63. The van der Waals surface area contributed by atoms with Crippen LogP contribution in [0, 0.1) is 41.2 Å². The molecule has 0 saturated carbocycles. The Morgan fingerprint density at radius 3 is 1.83 bits per heavy atom. The number of ether oxygens (including phenoxy) is 3. The van der Waals surface area contributed by atoms with Gasteiger partial charge in [-0.15, -0.1) is 0 Å². The highest BCUT2D eigenvalue weighted by molar-refractivity contribution is 5.87. The molecular formula is C54H62F10N10O8. The number of nitrogens with one attached hydrogen (secondary N) is 4. The highest BCUT2D eigenvalue weighted by Gasteiger charge is 2.57. The van der Waals surface area contributed by atoms with Crippen molar-refractivity contribution < 1.29 is 82.4 Å². The average Bonchev–Trinajstić information content (AvgIpc) is 4.20. The van der Waals surface area contributed by atoms with Crippen LogP contribution >= 0.6 is 0 Å². The number of aliphatic hydroxyl groups excluding tert-OH is 1. The lowest BCUT2D eigenvalue weighted by atomic mass is 9.82. The van der Waals surface area contributed by atoms with Crippen molar-refractivity contribution in [2.24, 2.45) is 10.8 Å². The number of halogens is 10. The first-order valence-electron chi connectivity index (χ1n) is 25.8. The Hall–Kier alpha value is -7.22. The molecule has 3 unspecified atom stereocenters. The summed E-state index contributed by atoms with van der Waals surface area (Å²) in [7, 11) is 1.61. The number of fused-ring (bicyclic) bond motifs is 2. The molecule has 3 aliphatic heterocycles. The van der Waals surface area contributed by atoms with Crippen LogP contribution in [0.25, 0.3) is 11.3 Å². The van der Waals surface area contributed by atoms with Crippen LogP contribution in [-0.2, 0) is 36.8 Å². The molecule has 5 heterocycles. The predicted octanol–water partition coefficient (Wildman–Crippen LogP) is 6.93. The largest absolute Gasteiger partial charge is 0.453 e. The topological polar surface area (TPSA) is 205 Å². The van der Waals surface area contributed by atoms with E-state index in [0.29, 0.717) is 74.1 Å². The number of hydrogen-bond acceptors (Lipinski definition) is 13. The third-order valence-electron chi connectivity index (χ3n) is 15.1. The van der Waals surface area contributed by atoms with Gasteiger partial charge in [0.2, 0.25) is 5.91 Å². The summed E-state index contributed by atoms with van der Waals surface area (Å²) in [4.78, 5) is 62.6. The molecule has 5 N–H and O–H groups in total. The van der Waals surface area contributed by atoms with Crippen LogP contribution in [0.2, 0.25) is 0 Å². The maximum Gasteiger partial charge on any atom is 0.407 e. The molecule has 2 aromatic heterocycles. The second kappa shape index (κ2) is 25.1. The van der Waals surface area contributed by atoms with E-state index in [2.05, 4.69) is 41.5 Å². The minimum atomic E-state index is -5.23. The van der Waals surface area contributed by atoms with Crippen LogP contribution in [0.4, 0.5) is 59.3 Å². The Morgan fingerprint density at radius 1 is 0.793 bits per heavy atom. The number of carbonyl (C=O) groups is 4. The van der Waals surface area contributed by atoms with Gasteiger partial charge in [0.15, 0.2) is 0 Å². The normalized spacial score (nSPS) is 18.4. The van der Waals surface area contributed by atoms with Gasteiger partial charge in [0.05, 0.1) is 62.1 Å². The van der Waals surface area contributed by atoms with Crippen molar-refractivity contribution in [3.8, 4) is 23.1 Å². The molecular weight excluding hydrogens is 1110 g/mol. The van der Waals surface area contributed by atoms with E-state index in [4.69, 9.17) is 9.72 Å². The summed E-state index contributed by atoms with van der Waals surface area (Å²) in [5.41, 5.74) is -3.47. The lowest BCUT2D eigenvalue weighted by molar-refractivity contribution is -0.221. The molecule has 0 radical (unpaired) electrons. The fourth-order valence-corrected chi connectivity index (χ4v) is 9.98. The van der Waals surface area contributed by atoms with E-state index in [0.717, 1.165) is 77.0 Å². The Balaban J connectivity index is 1.19. The number of amides is 4. The van der Waals surface area contributed by atoms with Crippen molar-refractivity contribution >= 4 is 29.8 Å². The number of benzene rings is 2. The zero-order valence-corrected chi connectivity index (χ0v) is 45.5. The van der Waals surface area contributed by atoms with Gasteiger partial charge in [0.1, 0.15) is 29.5 Å². The zero-order chi connectivity index (χ0) is 60.2. The Bertz CT molecular complexity index is 2980. The summed E-state index contributed by atoms with van der Waals surface area (Å²) in [6, 6.07) is 4.82. The number of aliphatic hydroxyl groups is 1. The van der Waals surface area contributed by atoms with Crippen molar-refractivity contribution in [2.75, 3.05) is 52.0 Å². The Kier molecular flexibility index (Phi) is 19.1.